The molecule has 0 aliphatic heterocycles. The van der Waals surface area contributed by atoms with Gasteiger partial charge in [0, 0.05) is 21.0 Å². The predicted octanol–water partition coefficient (Wildman–Crippen LogP) is 7.79. The Hall–Kier alpha value is -3.50. The molecule has 0 radical (unpaired) electrons. The lowest BCUT2D eigenvalue weighted by Gasteiger charge is -2.15. The molecule has 248 valence electrons. The van der Waals surface area contributed by atoms with Crippen LogP contribution in [0.3, 0.4) is 0 Å². The van der Waals surface area contributed by atoms with Gasteiger partial charge in [0.25, 0.3) is 5.56 Å². The summed E-state index contributed by atoms with van der Waals surface area (Å²) in [6.45, 7) is 7.67. The molecule has 0 amide bonds. The maximum absolute atomic E-state index is 11.2. The first-order valence-electron chi connectivity index (χ1n) is 13.2. The molecule has 0 fully saturated rings. The third-order valence-corrected chi connectivity index (χ3v) is 7.25. The van der Waals surface area contributed by atoms with E-state index in [1.54, 1.807) is 13.0 Å². The van der Waals surface area contributed by atoms with Gasteiger partial charge in [-0.3, -0.25) is 9.78 Å². The number of aryl methyl sites for hydroxylation is 2. The number of hydrogen-bond acceptors (Lipinski definition) is 10. The summed E-state index contributed by atoms with van der Waals surface area (Å²) in [5.74, 6) is 2.38. The lowest BCUT2D eigenvalue weighted by molar-refractivity contribution is 0.567. The van der Waals surface area contributed by atoms with E-state index in [4.69, 9.17) is 26.0 Å². The van der Waals surface area contributed by atoms with Crippen LogP contribution in [0.25, 0.3) is 22.2 Å². The van der Waals surface area contributed by atoms with E-state index < -0.39 is 0 Å². The van der Waals surface area contributed by atoms with Crippen LogP contribution in [0.2, 0.25) is 0 Å². The van der Waals surface area contributed by atoms with E-state index >= 15 is 0 Å². The van der Waals surface area contributed by atoms with E-state index in [1.165, 1.54) is 5.56 Å². The summed E-state index contributed by atoms with van der Waals surface area (Å²) in [7, 11) is 0. The molecule has 2 atom stereocenters. The number of hydrogen-bond donors (Lipinski definition) is 5. The van der Waals surface area contributed by atoms with Gasteiger partial charge >= 0.3 is 0 Å². The molecule has 0 aliphatic carbocycles. The van der Waals surface area contributed by atoms with Gasteiger partial charge < -0.3 is 31.4 Å². The summed E-state index contributed by atoms with van der Waals surface area (Å²) in [6, 6.07) is 19.9. The Labute approximate surface area is 298 Å². The van der Waals surface area contributed by atoms with Gasteiger partial charge in [-0.2, -0.15) is 41.9 Å². The normalized spacial score (nSPS) is 11.4. The predicted molar refractivity (Wildman–Crippen MR) is 205 cm³/mol. The van der Waals surface area contributed by atoms with E-state index in [-0.39, 0.29) is 69.7 Å². The van der Waals surface area contributed by atoms with Crippen LogP contribution >= 0.6 is 58.9 Å². The van der Waals surface area contributed by atoms with Crippen molar-refractivity contribution in [2.45, 2.75) is 47.2 Å². The molecule has 0 bridgehead atoms. The second kappa shape index (κ2) is 18.0. The van der Waals surface area contributed by atoms with Crippen LogP contribution in [0.15, 0.2) is 83.2 Å². The topological polar surface area (TPSA) is 188 Å². The Balaban J connectivity index is 0.000000363. The van der Waals surface area contributed by atoms with Crippen molar-refractivity contribution in [3.63, 3.8) is 0 Å². The minimum absolute atomic E-state index is 0. The van der Waals surface area contributed by atoms with Crippen molar-refractivity contribution in [1.82, 2.24) is 19.9 Å². The average molecular weight is 797 g/mol. The number of aromatic nitrogens is 4. The largest absolute Gasteiger partial charge is 0.443 e. The first-order chi connectivity index (χ1) is 20.4. The van der Waals surface area contributed by atoms with Gasteiger partial charge in [0.1, 0.15) is 22.7 Å². The second-order valence-electron chi connectivity index (χ2n) is 9.79. The number of anilines is 3. The van der Waals surface area contributed by atoms with Gasteiger partial charge in [-0.1, -0.05) is 63.6 Å². The minimum Gasteiger partial charge on any atom is -0.443 e. The third-order valence-electron chi connectivity index (χ3n) is 6.20. The number of nitrogens with two attached hydrogens (primary N) is 3. The summed E-state index contributed by atoms with van der Waals surface area (Å²) in [5, 5.41) is 4.64. The molecule has 0 saturated carbocycles. The third kappa shape index (κ3) is 10.8. The number of benzene rings is 2. The van der Waals surface area contributed by atoms with Crippen molar-refractivity contribution in [3.05, 3.63) is 103 Å². The number of nitrogen functional groups attached to an aromatic ring is 2. The van der Waals surface area contributed by atoms with Gasteiger partial charge in [0.05, 0.1) is 5.39 Å². The summed E-state index contributed by atoms with van der Waals surface area (Å²) < 4.78 is 12.8. The molecule has 2 aromatic carbocycles. The van der Waals surface area contributed by atoms with E-state index in [9.17, 15) is 4.79 Å². The summed E-state index contributed by atoms with van der Waals surface area (Å²) >= 11 is 6.79. The highest BCUT2D eigenvalue weighted by Crippen LogP contribution is 2.28. The number of rotatable bonds is 4. The van der Waals surface area contributed by atoms with Crippen molar-refractivity contribution < 1.29 is 8.83 Å². The number of nitrogens with zero attached hydrogens (tertiary/aromatic N) is 3. The van der Waals surface area contributed by atoms with Crippen LogP contribution in [0, 0.1) is 13.8 Å². The monoisotopic (exact) mass is 794 g/mol. The summed E-state index contributed by atoms with van der Waals surface area (Å²) in [6.07, 6.45) is 0. The zero-order chi connectivity index (χ0) is 31.3. The number of furan rings is 2. The maximum atomic E-state index is 11.2. The summed E-state index contributed by atoms with van der Waals surface area (Å²) in [4.78, 5) is 25.8. The first-order valence-corrected chi connectivity index (χ1v) is 14.8. The minimum atomic E-state index is -0.269. The molecule has 4 aromatic heterocycles. The van der Waals surface area contributed by atoms with Crippen molar-refractivity contribution in [2.75, 3.05) is 16.8 Å². The molecular formula is C31H40Br2N8O3S2. The number of H-pyrrole nitrogens is 1. The van der Waals surface area contributed by atoms with E-state index in [0.29, 0.717) is 22.7 Å². The molecule has 0 saturated heterocycles. The Morgan fingerprint density at radius 3 is 1.78 bits per heavy atom. The summed E-state index contributed by atoms with van der Waals surface area (Å²) in [5.41, 5.74) is 19.5. The van der Waals surface area contributed by atoms with Crippen molar-refractivity contribution in [3.8, 4) is 0 Å². The fraction of sp³-hybridized carbons (Fsp3) is 0.226. The quantitative estimate of drug-likeness (QED) is 0.118. The van der Waals surface area contributed by atoms with Crippen LogP contribution in [0.4, 0.5) is 17.7 Å². The van der Waals surface area contributed by atoms with Crippen LogP contribution in [0.5, 0.6) is 0 Å². The maximum Gasteiger partial charge on any atom is 0.263 e. The fourth-order valence-corrected chi connectivity index (χ4v) is 4.57. The Morgan fingerprint density at radius 1 is 0.783 bits per heavy atom. The molecular weight excluding hydrogens is 756 g/mol. The van der Waals surface area contributed by atoms with Crippen molar-refractivity contribution >= 4 is 98.8 Å². The smallest absolute Gasteiger partial charge is 0.263 e. The van der Waals surface area contributed by atoms with Gasteiger partial charge in [0.2, 0.25) is 23.3 Å². The molecule has 0 spiro atoms. The molecule has 0 aliphatic rings. The van der Waals surface area contributed by atoms with Crippen LogP contribution in [0.1, 0.15) is 56.0 Å². The molecule has 11 nitrogen and oxygen atoms in total. The Morgan fingerprint density at radius 2 is 1.26 bits per heavy atom. The Kier molecular flexibility index (Phi) is 15.9. The van der Waals surface area contributed by atoms with Gasteiger partial charge in [-0.15, -0.1) is 0 Å². The van der Waals surface area contributed by atoms with E-state index in [1.807, 2.05) is 56.3 Å². The average Bonchev–Trinajstić information content (AvgIpc) is 3.51. The fourth-order valence-electron chi connectivity index (χ4n) is 4.04. The highest BCUT2D eigenvalue weighted by atomic mass is 79.9. The Bertz CT molecular complexity index is 1890. The van der Waals surface area contributed by atoms with E-state index in [2.05, 4.69) is 76.2 Å². The van der Waals surface area contributed by atoms with Crippen LogP contribution in [-0.4, -0.2) is 19.9 Å². The second-order valence-corrected chi connectivity index (χ2v) is 11.6. The number of aromatic amines is 1. The standard InChI is InChI=1S/C15H15BrN4O.C8H10BrN.C7H7N3O2.CH4.2H2S/c1-8-7-12-13(19-15(17)20-14(12)21-8)18-9(2)10-3-5-11(16)6-4-10;1-6(10)7-2-4-8(9)5-3-7;1-3-2-4-5(11)9-7(8)10-6(4)12-3;;;/h3-7,9H,1-2H3,(H3,17,18,19,20);2-6H,10H2,1H3;2H,1H3,(H3,8,9,10,11);1H4;2*1H2/t9-;6-;;;;/m00..../s1. The van der Waals surface area contributed by atoms with Crippen molar-refractivity contribution in [1.29, 1.82) is 0 Å². The molecule has 15 heteroatoms. The molecule has 8 N–H and O–H groups in total. The van der Waals surface area contributed by atoms with Crippen LogP contribution < -0.4 is 28.1 Å². The lowest BCUT2D eigenvalue weighted by atomic mass is 10.1. The molecule has 6 rings (SSSR count). The first kappa shape index (κ1) is 40.5. The highest BCUT2D eigenvalue weighted by molar-refractivity contribution is 9.10. The number of nitrogens with one attached hydrogen (secondary N) is 2. The number of fused-ring (bicyclic) bond motifs is 2. The highest BCUT2D eigenvalue weighted by Gasteiger charge is 2.14. The van der Waals surface area contributed by atoms with Gasteiger partial charge in [-0.25, -0.2) is 0 Å². The molecule has 4 heterocycles. The van der Waals surface area contributed by atoms with Gasteiger partial charge in [0.15, 0.2) is 0 Å². The number of halogens is 2. The SMILES string of the molecule is C.C[C@H](N)c1ccc(Br)cc1.Cc1cc2c(=O)[nH]c(N)nc2o1.Cc1cc2c(N[C@@H](C)c3ccc(Br)cc3)nc(N)nc2o1.S.S. The van der Waals surface area contributed by atoms with Crippen LogP contribution in [-0.2, 0) is 0 Å². The molecule has 6 aromatic rings. The zero-order valence-electron chi connectivity index (χ0n) is 25.0. The van der Waals surface area contributed by atoms with Gasteiger partial charge in [-0.05, 0) is 75.2 Å². The molecule has 46 heavy (non-hydrogen) atoms. The van der Waals surface area contributed by atoms with Crippen molar-refractivity contribution in [2.24, 2.45) is 5.73 Å². The van der Waals surface area contributed by atoms with E-state index in [0.717, 1.165) is 25.7 Å². The lowest BCUT2D eigenvalue weighted by Crippen LogP contribution is -2.09. The zero-order valence-corrected chi connectivity index (χ0v) is 30.2. The molecule has 0 unspecified atom stereocenters.